The molecule has 12 rings (SSSR count). The molecular formula is C60H50N2S. The quantitative estimate of drug-likeness (QED) is 0.160. The van der Waals surface area contributed by atoms with Crippen molar-refractivity contribution < 1.29 is 0 Å². The van der Waals surface area contributed by atoms with Crippen molar-refractivity contribution in [3.63, 3.8) is 0 Å². The van der Waals surface area contributed by atoms with E-state index in [2.05, 4.69) is 234 Å². The first-order valence-corrected chi connectivity index (χ1v) is 23.9. The fourth-order valence-corrected chi connectivity index (χ4v) is 15.2. The summed E-state index contributed by atoms with van der Waals surface area (Å²) in [5.74, 6) is 0. The molecule has 0 fully saturated rings. The van der Waals surface area contributed by atoms with Gasteiger partial charge >= 0.3 is 0 Å². The maximum Gasteiger partial charge on any atom is 0.0561 e. The average molecular weight is 831 g/mol. The van der Waals surface area contributed by atoms with Crippen molar-refractivity contribution in [3.05, 3.63) is 204 Å². The summed E-state index contributed by atoms with van der Waals surface area (Å²) in [7, 11) is -1.97. The zero-order chi connectivity index (χ0) is 42.9. The largest absolute Gasteiger partial charge is 0.309 e. The van der Waals surface area contributed by atoms with E-state index in [9.17, 15) is 0 Å². The number of hydrogen-bond acceptors (Lipinski definition) is 2. The topological polar surface area (TPSA) is 6.48 Å². The van der Waals surface area contributed by atoms with Gasteiger partial charge in [-0.2, -0.15) is 0 Å². The Bertz CT molecular complexity index is 3300. The van der Waals surface area contributed by atoms with E-state index in [1.165, 1.54) is 114 Å². The van der Waals surface area contributed by atoms with Crippen LogP contribution in [0.25, 0.3) is 43.4 Å². The molecule has 0 aromatic heterocycles. The number of nitrogens with zero attached hydrogens (tertiary/aromatic N) is 2. The summed E-state index contributed by atoms with van der Waals surface area (Å²) >= 11 is 0. The Morgan fingerprint density at radius 3 is 1.33 bits per heavy atom. The molecule has 2 heterocycles. The molecule has 0 unspecified atom stereocenters. The van der Waals surface area contributed by atoms with Gasteiger partial charge < -0.3 is 9.80 Å². The molecule has 1 spiro atoms. The molecule has 0 aliphatic carbocycles. The predicted molar refractivity (Wildman–Crippen MR) is 270 cm³/mol. The maximum absolute atomic E-state index is 2.57. The summed E-state index contributed by atoms with van der Waals surface area (Å²) < 4.78 is 0. The molecule has 0 amide bonds. The van der Waals surface area contributed by atoms with Gasteiger partial charge in [0.15, 0.2) is 0 Å². The molecule has 6 bridgehead atoms. The highest BCUT2D eigenvalue weighted by Gasteiger charge is 2.43. The average Bonchev–Trinajstić information content (AvgIpc) is 3.58. The smallest absolute Gasteiger partial charge is 0.0561 e. The summed E-state index contributed by atoms with van der Waals surface area (Å²) in [5.41, 5.74) is 16.0. The van der Waals surface area contributed by atoms with Gasteiger partial charge in [0.25, 0.3) is 0 Å². The number of aryl methyl sites for hydroxylation is 4. The lowest BCUT2D eigenvalue weighted by Gasteiger charge is -2.41. The number of rotatable bonds is 2. The molecule has 2 aliphatic rings. The van der Waals surface area contributed by atoms with Crippen LogP contribution in [-0.4, -0.2) is 0 Å². The molecule has 0 radical (unpaired) electrons. The van der Waals surface area contributed by atoms with Gasteiger partial charge in [0.1, 0.15) is 0 Å². The summed E-state index contributed by atoms with van der Waals surface area (Å²) in [6, 6.07) is 68.3. The number of hydrogen-bond donors (Lipinski definition) is 0. The second kappa shape index (κ2) is 13.6. The summed E-state index contributed by atoms with van der Waals surface area (Å²) in [6.07, 6.45) is 0. The molecular weight excluding hydrogens is 781 g/mol. The van der Waals surface area contributed by atoms with Gasteiger partial charge in [0.2, 0.25) is 0 Å². The second-order valence-corrected chi connectivity index (χ2v) is 22.0. The van der Waals surface area contributed by atoms with Crippen LogP contribution in [0.4, 0.5) is 34.1 Å². The van der Waals surface area contributed by atoms with Crippen LogP contribution in [0.15, 0.2) is 196 Å². The molecule has 0 atom stereocenters. The zero-order valence-electron chi connectivity index (χ0n) is 37.0. The first-order chi connectivity index (χ1) is 30.5. The van der Waals surface area contributed by atoms with Crippen molar-refractivity contribution in [1.82, 2.24) is 0 Å². The third kappa shape index (κ3) is 5.45. The second-order valence-electron chi connectivity index (χ2n) is 18.9. The number of anilines is 6. The standard InChI is InChI=1S/C60H50N2S/c1-37-22-28-52(39(3)30-37)61-44-14-12-16-46(34-44)63(56-20-10-8-18-48(56)49-19-9-11-21-57(49)63)47-17-13-15-45(35-47)62(53-29-23-38(2)31-40(53)4)55-36-54(61)50-26-24-41-32-43(60(5,6)7)33-42-25-27-51(55)59(50)58(41)42/h8-36H,1-7H3. The summed E-state index contributed by atoms with van der Waals surface area (Å²) in [6.45, 7) is 15.9. The molecule has 0 saturated heterocycles. The number of fused-ring (bicyclic) bond motifs is 15. The Balaban J connectivity index is 1.30. The third-order valence-corrected chi connectivity index (χ3v) is 17.7. The molecule has 0 saturated carbocycles. The van der Waals surface area contributed by atoms with E-state index in [4.69, 9.17) is 0 Å². The van der Waals surface area contributed by atoms with Crippen LogP contribution in [0.5, 0.6) is 0 Å². The fraction of sp³-hybridized carbons (Fsp3) is 0.133. The third-order valence-electron chi connectivity index (χ3n) is 13.8. The number of benzene rings is 10. The Hall–Kier alpha value is -6.81. The Kier molecular flexibility index (Phi) is 8.18. The molecule has 306 valence electrons. The van der Waals surface area contributed by atoms with E-state index < -0.39 is 10.0 Å². The van der Waals surface area contributed by atoms with Crippen LogP contribution in [0, 0.1) is 27.7 Å². The minimum Gasteiger partial charge on any atom is -0.309 e. The van der Waals surface area contributed by atoms with Crippen LogP contribution in [0.3, 0.4) is 0 Å². The Labute approximate surface area is 372 Å². The van der Waals surface area contributed by atoms with Crippen LogP contribution in [-0.2, 0) is 5.41 Å². The van der Waals surface area contributed by atoms with Crippen molar-refractivity contribution in [2.24, 2.45) is 0 Å². The summed E-state index contributed by atoms with van der Waals surface area (Å²) in [4.78, 5) is 10.6. The van der Waals surface area contributed by atoms with Gasteiger partial charge in [-0.25, -0.2) is 0 Å². The lowest BCUT2D eigenvalue weighted by Crippen LogP contribution is -2.17. The van der Waals surface area contributed by atoms with E-state index in [-0.39, 0.29) is 5.41 Å². The van der Waals surface area contributed by atoms with Gasteiger partial charge in [-0.1, -0.05) is 141 Å². The van der Waals surface area contributed by atoms with E-state index >= 15 is 0 Å². The minimum absolute atomic E-state index is 0.0177. The highest BCUT2D eigenvalue weighted by molar-refractivity contribution is 8.34. The Morgan fingerprint density at radius 1 is 0.397 bits per heavy atom. The van der Waals surface area contributed by atoms with E-state index in [1.807, 2.05) is 0 Å². The van der Waals surface area contributed by atoms with Crippen LogP contribution in [0.2, 0.25) is 0 Å². The van der Waals surface area contributed by atoms with Gasteiger partial charge in [-0.3, -0.25) is 0 Å². The maximum atomic E-state index is 2.57. The van der Waals surface area contributed by atoms with Gasteiger partial charge in [0.05, 0.1) is 11.4 Å². The van der Waals surface area contributed by atoms with Crippen molar-refractivity contribution in [1.29, 1.82) is 0 Å². The van der Waals surface area contributed by atoms with Crippen molar-refractivity contribution in [2.75, 3.05) is 9.80 Å². The van der Waals surface area contributed by atoms with Crippen molar-refractivity contribution in [3.8, 4) is 11.1 Å². The first-order valence-electron chi connectivity index (χ1n) is 22.2. The SMILES string of the molecule is Cc1ccc(N2c3cccc(c3)S3(c4cccc(c4)N(c4ccc(C)cc4C)c4cc2c2ccc5cc(C(C)(C)C)cc6ccc4c2c56)c2ccccc2-c2ccccc23)c(C)c1. The predicted octanol–water partition coefficient (Wildman–Crippen LogP) is 17.7. The van der Waals surface area contributed by atoms with Crippen molar-refractivity contribution in [2.45, 2.75) is 73.5 Å². The van der Waals surface area contributed by atoms with Crippen LogP contribution >= 0.6 is 10.0 Å². The van der Waals surface area contributed by atoms with Crippen LogP contribution in [0.1, 0.15) is 48.6 Å². The molecule has 3 heteroatoms. The lowest BCUT2D eigenvalue weighted by atomic mass is 9.83. The van der Waals surface area contributed by atoms with E-state index in [0.29, 0.717) is 0 Å². The van der Waals surface area contributed by atoms with Gasteiger partial charge in [0, 0.05) is 58.5 Å². The molecule has 2 nitrogen and oxygen atoms in total. The Morgan fingerprint density at radius 2 is 0.873 bits per heavy atom. The first kappa shape index (κ1) is 37.9. The van der Waals surface area contributed by atoms with Crippen molar-refractivity contribution >= 4 is 76.5 Å². The molecule has 10 aromatic rings. The molecule has 63 heavy (non-hydrogen) atoms. The van der Waals surface area contributed by atoms with Gasteiger partial charge in [-0.05, 0) is 144 Å². The molecule has 2 aliphatic heterocycles. The molecule has 10 aromatic carbocycles. The van der Waals surface area contributed by atoms with E-state index in [1.54, 1.807) is 0 Å². The van der Waals surface area contributed by atoms with Crippen LogP contribution < -0.4 is 9.80 Å². The van der Waals surface area contributed by atoms with E-state index in [0.717, 1.165) is 11.4 Å². The monoisotopic (exact) mass is 830 g/mol. The highest BCUT2D eigenvalue weighted by Crippen LogP contribution is 2.80. The summed E-state index contributed by atoms with van der Waals surface area (Å²) in [5, 5.41) is 7.66. The highest BCUT2D eigenvalue weighted by atomic mass is 32.3. The fourth-order valence-electron chi connectivity index (χ4n) is 10.9. The van der Waals surface area contributed by atoms with Gasteiger partial charge in [-0.15, -0.1) is 10.0 Å². The molecule has 0 N–H and O–H groups in total. The zero-order valence-corrected chi connectivity index (χ0v) is 37.9. The lowest BCUT2D eigenvalue weighted by molar-refractivity contribution is 0.591. The normalized spacial score (nSPS) is 14.5. The minimum atomic E-state index is -1.97.